The van der Waals surface area contributed by atoms with Crippen molar-refractivity contribution in [2.45, 2.75) is 52.1 Å². The number of fused-ring (bicyclic) bond motifs is 2. The SMILES string of the molecule is CC1(C)OB(c2cccc3c(CO)cccc23)OC1(C)C.OCc1cccc2c(Br)cccc12. The maximum Gasteiger partial charge on any atom is 0.495 e. The first-order valence-corrected chi connectivity index (χ1v) is 12.2. The minimum atomic E-state index is -0.382. The van der Waals surface area contributed by atoms with E-state index in [1.54, 1.807) is 0 Å². The Hall–Kier alpha value is -2.22. The molecule has 1 saturated heterocycles. The van der Waals surface area contributed by atoms with Gasteiger partial charge in [-0.3, -0.25) is 0 Å². The normalized spacial score (nSPS) is 16.5. The second kappa shape index (κ2) is 9.80. The van der Waals surface area contributed by atoms with Crippen molar-refractivity contribution in [2.75, 3.05) is 0 Å². The number of hydrogen-bond donors (Lipinski definition) is 2. The van der Waals surface area contributed by atoms with Gasteiger partial charge in [-0.2, -0.15) is 0 Å². The molecule has 0 saturated carbocycles. The van der Waals surface area contributed by atoms with E-state index < -0.39 is 0 Å². The number of rotatable bonds is 3. The van der Waals surface area contributed by atoms with Crippen LogP contribution in [0.25, 0.3) is 21.5 Å². The zero-order valence-electron chi connectivity index (χ0n) is 20.0. The third-order valence-electron chi connectivity index (χ3n) is 6.85. The summed E-state index contributed by atoms with van der Waals surface area (Å²) in [5, 5.41) is 23.0. The molecular formula is C28H30BBrO4. The van der Waals surface area contributed by atoms with Gasteiger partial charge in [0.2, 0.25) is 0 Å². The lowest BCUT2D eigenvalue weighted by atomic mass is 9.75. The molecule has 0 atom stereocenters. The quantitative estimate of drug-likeness (QED) is 0.339. The first kappa shape index (κ1) is 24.9. The molecule has 34 heavy (non-hydrogen) atoms. The molecule has 0 unspecified atom stereocenters. The molecule has 1 aliphatic heterocycles. The lowest BCUT2D eigenvalue weighted by Crippen LogP contribution is -2.41. The van der Waals surface area contributed by atoms with Crippen LogP contribution in [0, 0.1) is 0 Å². The molecule has 176 valence electrons. The maximum atomic E-state index is 9.50. The van der Waals surface area contributed by atoms with Gasteiger partial charge in [-0.25, -0.2) is 0 Å². The van der Waals surface area contributed by atoms with Crippen molar-refractivity contribution < 1.29 is 19.5 Å². The Morgan fingerprint density at radius 2 is 1.09 bits per heavy atom. The first-order valence-electron chi connectivity index (χ1n) is 11.4. The third-order valence-corrected chi connectivity index (χ3v) is 7.54. The minimum Gasteiger partial charge on any atom is -0.399 e. The monoisotopic (exact) mass is 520 g/mol. The summed E-state index contributed by atoms with van der Waals surface area (Å²) in [6.07, 6.45) is 0. The molecule has 5 rings (SSSR count). The Morgan fingerprint density at radius 3 is 1.65 bits per heavy atom. The summed E-state index contributed by atoms with van der Waals surface area (Å²) in [5.41, 5.74) is 2.20. The van der Waals surface area contributed by atoms with Gasteiger partial charge in [-0.15, -0.1) is 0 Å². The Morgan fingerprint density at radius 1 is 0.647 bits per heavy atom. The van der Waals surface area contributed by atoms with E-state index in [1.807, 2.05) is 66.7 Å². The van der Waals surface area contributed by atoms with E-state index in [9.17, 15) is 5.11 Å². The fourth-order valence-electron chi connectivity index (χ4n) is 4.19. The number of aliphatic hydroxyl groups is 2. The zero-order valence-corrected chi connectivity index (χ0v) is 21.6. The average molecular weight is 521 g/mol. The van der Waals surface area contributed by atoms with Gasteiger partial charge in [0.05, 0.1) is 24.4 Å². The van der Waals surface area contributed by atoms with Crippen molar-refractivity contribution in [1.29, 1.82) is 0 Å². The number of hydrogen-bond acceptors (Lipinski definition) is 4. The highest BCUT2D eigenvalue weighted by atomic mass is 79.9. The van der Waals surface area contributed by atoms with Gasteiger partial charge >= 0.3 is 7.12 Å². The summed E-state index contributed by atoms with van der Waals surface area (Å²) in [4.78, 5) is 0. The lowest BCUT2D eigenvalue weighted by molar-refractivity contribution is 0.00578. The van der Waals surface area contributed by atoms with Crippen LogP contribution in [0.3, 0.4) is 0 Å². The van der Waals surface area contributed by atoms with Gasteiger partial charge in [0.15, 0.2) is 0 Å². The molecule has 6 heteroatoms. The lowest BCUT2D eigenvalue weighted by Gasteiger charge is -2.32. The van der Waals surface area contributed by atoms with Crippen LogP contribution in [0.2, 0.25) is 0 Å². The molecule has 1 fully saturated rings. The second-order valence-corrected chi connectivity index (χ2v) is 10.4. The van der Waals surface area contributed by atoms with Crippen LogP contribution in [-0.4, -0.2) is 28.5 Å². The molecule has 0 amide bonds. The fourth-order valence-corrected chi connectivity index (χ4v) is 4.69. The maximum absolute atomic E-state index is 9.50. The van der Waals surface area contributed by atoms with Crippen molar-refractivity contribution in [3.8, 4) is 0 Å². The van der Waals surface area contributed by atoms with Crippen molar-refractivity contribution in [1.82, 2.24) is 0 Å². The zero-order chi connectivity index (χ0) is 24.5. The van der Waals surface area contributed by atoms with Gasteiger partial charge in [0, 0.05) is 4.47 Å². The number of halogens is 1. The number of aliphatic hydroxyl groups excluding tert-OH is 2. The molecule has 0 aromatic heterocycles. The minimum absolute atomic E-state index is 0.0319. The predicted molar refractivity (Wildman–Crippen MR) is 143 cm³/mol. The summed E-state index contributed by atoms with van der Waals surface area (Å²) in [6, 6.07) is 23.9. The van der Waals surface area contributed by atoms with Crippen molar-refractivity contribution in [3.05, 3.63) is 88.4 Å². The molecule has 1 heterocycles. The molecule has 0 radical (unpaired) electrons. The molecule has 0 aliphatic carbocycles. The van der Waals surface area contributed by atoms with Gasteiger partial charge < -0.3 is 19.5 Å². The molecule has 2 N–H and O–H groups in total. The van der Waals surface area contributed by atoms with Crippen LogP contribution in [0.5, 0.6) is 0 Å². The topological polar surface area (TPSA) is 58.9 Å². The Kier molecular flexibility index (Phi) is 7.18. The van der Waals surface area contributed by atoms with E-state index in [-0.39, 0.29) is 31.5 Å². The Labute approximate surface area is 209 Å². The standard InChI is InChI=1S/C17H21BO3.C11H9BrO/c1-16(2)17(3,4)21-18(20-16)15-10-6-8-13-12(11-19)7-5-9-14(13)15;12-11-6-2-4-9-8(7-13)3-1-5-10(9)11/h5-10,19H,11H2,1-4H3;1-6,13H,7H2. The molecule has 4 aromatic rings. The van der Waals surface area contributed by atoms with E-state index >= 15 is 0 Å². The highest BCUT2D eigenvalue weighted by Crippen LogP contribution is 2.37. The summed E-state index contributed by atoms with van der Waals surface area (Å²) < 4.78 is 13.4. The predicted octanol–water partition coefficient (Wildman–Crippen LogP) is 5.73. The second-order valence-electron chi connectivity index (χ2n) is 9.52. The molecule has 0 spiro atoms. The van der Waals surface area contributed by atoms with Gasteiger partial charge in [0.25, 0.3) is 0 Å². The third kappa shape index (κ3) is 4.66. The molecule has 0 bridgehead atoms. The highest BCUT2D eigenvalue weighted by molar-refractivity contribution is 9.10. The van der Waals surface area contributed by atoms with Crippen molar-refractivity contribution >= 4 is 50.1 Å². The van der Waals surface area contributed by atoms with Crippen LogP contribution < -0.4 is 5.46 Å². The number of benzene rings is 4. The first-order chi connectivity index (χ1) is 16.2. The van der Waals surface area contributed by atoms with Crippen LogP contribution >= 0.6 is 15.9 Å². The van der Waals surface area contributed by atoms with Crippen LogP contribution in [0.15, 0.2) is 77.3 Å². The smallest absolute Gasteiger partial charge is 0.399 e. The summed E-state index contributed by atoms with van der Waals surface area (Å²) in [7, 11) is -0.382. The molecular weight excluding hydrogens is 491 g/mol. The molecule has 1 aliphatic rings. The van der Waals surface area contributed by atoms with Crippen LogP contribution in [0.1, 0.15) is 38.8 Å². The van der Waals surface area contributed by atoms with Gasteiger partial charge in [-0.1, -0.05) is 82.7 Å². The molecule has 4 aromatic carbocycles. The van der Waals surface area contributed by atoms with E-state index in [4.69, 9.17) is 14.4 Å². The Balaban J connectivity index is 0.000000180. The van der Waals surface area contributed by atoms with Crippen LogP contribution in [0.4, 0.5) is 0 Å². The summed E-state index contributed by atoms with van der Waals surface area (Å²) >= 11 is 3.48. The van der Waals surface area contributed by atoms with E-state index in [0.29, 0.717) is 0 Å². The van der Waals surface area contributed by atoms with Crippen molar-refractivity contribution in [3.63, 3.8) is 0 Å². The average Bonchev–Trinajstić information content (AvgIpc) is 3.05. The van der Waals surface area contributed by atoms with Crippen LogP contribution in [-0.2, 0) is 22.5 Å². The fraction of sp³-hybridized carbons (Fsp3) is 0.286. The Bertz CT molecular complexity index is 1300. The van der Waals surface area contributed by atoms with E-state index in [1.165, 1.54) is 0 Å². The van der Waals surface area contributed by atoms with Gasteiger partial charge in [-0.05, 0) is 71.9 Å². The van der Waals surface area contributed by atoms with E-state index in [0.717, 1.165) is 42.6 Å². The summed E-state index contributed by atoms with van der Waals surface area (Å²) in [6.45, 7) is 8.33. The largest absolute Gasteiger partial charge is 0.495 e. The highest BCUT2D eigenvalue weighted by Gasteiger charge is 2.52. The summed E-state index contributed by atoms with van der Waals surface area (Å²) in [5.74, 6) is 0. The molecule has 4 nitrogen and oxygen atoms in total. The van der Waals surface area contributed by atoms with E-state index in [2.05, 4.69) is 49.7 Å². The van der Waals surface area contributed by atoms with Gasteiger partial charge in [0.1, 0.15) is 0 Å². The van der Waals surface area contributed by atoms with Crippen molar-refractivity contribution in [2.24, 2.45) is 0 Å².